The fraction of sp³-hybridized carbons (Fsp3) is 0.750. The summed E-state index contributed by atoms with van der Waals surface area (Å²) in [4.78, 5) is 73.1. The van der Waals surface area contributed by atoms with E-state index < -0.39 is 6.04 Å². The maximum atomic E-state index is 13.3. The molecule has 1 saturated carbocycles. The number of aldehydes is 1. The van der Waals surface area contributed by atoms with Crippen LogP contribution in [0.1, 0.15) is 130 Å². The Balaban J connectivity index is 0.00000124. The molecule has 8 atom stereocenters. The molecule has 8 unspecified atom stereocenters. The Kier molecular flexibility index (Phi) is 41.3. The second-order valence-corrected chi connectivity index (χ2v) is 22.9. The first-order chi connectivity index (χ1) is 37.3. The van der Waals surface area contributed by atoms with Crippen molar-refractivity contribution in [2.24, 2.45) is 23.7 Å². The number of benzene rings is 1. The number of rotatable bonds is 32. The molecule has 1 aromatic heterocycles. The molecule has 22 heteroatoms. The van der Waals surface area contributed by atoms with Crippen molar-refractivity contribution in [3.63, 3.8) is 0 Å². The quantitative estimate of drug-likeness (QED) is 0.0275. The Morgan fingerprint density at radius 1 is 0.949 bits per heavy atom. The van der Waals surface area contributed by atoms with Crippen LogP contribution >= 0.6 is 43.8 Å². The third kappa shape index (κ3) is 27.3. The standard InChI is InChI=1S/C23H32Br2N6O3S.C22H43N3O4.C7H15NO.C3H8.CH2O/c24-12-21-22(13-25)31(30-28-21)14-17(8-10-32)7-9-26-18-3-1-16(2-4-18)11-20(27-15-33)23(34)29-35-19-5-6-19;1-9-16(4)21(24(6)20(27)14-23-5)18(28-7)13-19(26)25-12-10-11-17(25)22(29-8)15(2)3;1-6(2)7(5-9)8(3)4;1-3-2;1-2/h1-4,15,17,19-20,26,32H,5-14H2,(H,27,33)(H,29,34);15-18,21-23H,9-14H2,1-8H3;5-7H,1-4H3;3H2,1-2H3;1H2. The summed E-state index contributed by atoms with van der Waals surface area (Å²) in [6, 6.07) is 7.33. The van der Waals surface area contributed by atoms with Crippen LogP contribution in [0.25, 0.3) is 0 Å². The fourth-order valence-electron chi connectivity index (χ4n) is 9.15. The number of aliphatic hydroxyl groups is 1. The van der Waals surface area contributed by atoms with Crippen molar-refractivity contribution in [2.45, 2.75) is 178 Å². The number of hydrogen-bond acceptors (Lipinski definition) is 15. The molecule has 78 heavy (non-hydrogen) atoms. The van der Waals surface area contributed by atoms with Gasteiger partial charge in [-0.3, -0.25) is 28.8 Å². The van der Waals surface area contributed by atoms with Gasteiger partial charge >= 0.3 is 0 Å². The zero-order valence-electron chi connectivity index (χ0n) is 49.6. The van der Waals surface area contributed by atoms with E-state index in [1.165, 1.54) is 18.4 Å². The van der Waals surface area contributed by atoms with Gasteiger partial charge in [0.15, 0.2) is 0 Å². The highest BCUT2D eigenvalue weighted by Gasteiger charge is 2.40. The van der Waals surface area contributed by atoms with Gasteiger partial charge in [-0.15, -0.1) is 5.10 Å². The van der Waals surface area contributed by atoms with E-state index in [4.69, 9.17) is 14.3 Å². The molecule has 1 aliphatic carbocycles. The van der Waals surface area contributed by atoms with Crippen LogP contribution in [0.2, 0.25) is 0 Å². The first-order valence-corrected chi connectivity index (χ1v) is 30.7. The minimum atomic E-state index is -0.594. The number of aliphatic hydroxyl groups excluding tert-OH is 1. The van der Waals surface area contributed by atoms with Gasteiger partial charge in [-0.2, -0.15) is 0 Å². The van der Waals surface area contributed by atoms with E-state index >= 15 is 0 Å². The largest absolute Gasteiger partial charge is 0.396 e. The Labute approximate surface area is 489 Å². The number of likely N-dealkylation sites (tertiary alicyclic amines) is 1. The smallest absolute Gasteiger partial charge is 0.252 e. The number of ether oxygens (including phenoxy) is 2. The second kappa shape index (κ2) is 43.3. The Morgan fingerprint density at radius 2 is 1.59 bits per heavy atom. The highest BCUT2D eigenvalue weighted by Crippen LogP contribution is 2.32. The number of nitrogens with zero attached hydrogens (tertiary/aromatic N) is 6. The van der Waals surface area contributed by atoms with E-state index in [2.05, 4.69) is 104 Å². The summed E-state index contributed by atoms with van der Waals surface area (Å²) >= 11 is 8.41. The van der Waals surface area contributed by atoms with Crippen molar-refractivity contribution in [2.75, 3.05) is 74.0 Å². The van der Waals surface area contributed by atoms with Gasteiger partial charge in [0.1, 0.15) is 19.1 Å². The number of hydrogen-bond donors (Lipinski definition) is 5. The Hall–Kier alpha value is -3.51. The molecule has 1 aliphatic heterocycles. The molecule has 2 fully saturated rings. The van der Waals surface area contributed by atoms with Crippen LogP contribution in [-0.4, -0.2) is 182 Å². The van der Waals surface area contributed by atoms with E-state index in [0.717, 1.165) is 80.5 Å². The lowest BCUT2D eigenvalue weighted by atomic mass is 9.90. The van der Waals surface area contributed by atoms with Gasteiger partial charge in [0, 0.05) is 75.5 Å². The van der Waals surface area contributed by atoms with Crippen molar-refractivity contribution in [1.82, 2.24) is 45.0 Å². The summed E-state index contributed by atoms with van der Waals surface area (Å²) in [5, 5.41) is 28.8. The molecule has 5 N–H and O–H groups in total. The van der Waals surface area contributed by atoms with E-state index in [1.54, 1.807) is 26.2 Å². The summed E-state index contributed by atoms with van der Waals surface area (Å²) in [5.41, 5.74) is 3.92. The van der Waals surface area contributed by atoms with Gasteiger partial charge in [0.05, 0.1) is 54.7 Å². The zero-order valence-corrected chi connectivity index (χ0v) is 53.6. The molecular formula is C56H100Br2N10O9S. The second-order valence-electron chi connectivity index (χ2n) is 20.7. The van der Waals surface area contributed by atoms with Gasteiger partial charge in [-0.25, -0.2) is 4.68 Å². The van der Waals surface area contributed by atoms with Gasteiger partial charge in [0.25, 0.3) is 5.91 Å². The van der Waals surface area contributed by atoms with Gasteiger partial charge < -0.3 is 49.9 Å². The molecule has 1 saturated heterocycles. The number of nitrogens with one attached hydrogen (secondary N) is 4. The van der Waals surface area contributed by atoms with Crippen LogP contribution in [0.5, 0.6) is 0 Å². The van der Waals surface area contributed by atoms with E-state index in [-0.39, 0.29) is 79.5 Å². The molecule has 2 aromatic rings. The van der Waals surface area contributed by atoms with Crippen LogP contribution in [0, 0.1) is 23.7 Å². The fourth-order valence-corrected chi connectivity index (χ4v) is 11.0. The number of halogens is 2. The molecule has 448 valence electrons. The number of alkyl halides is 2. The molecule has 0 spiro atoms. The maximum Gasteiger partial charge on any atom is 0.252 e. The molecule has 4 rings (SSSR count). The number of anilines is 1. The van der Waals surface area contributed by atoms with E-state index in [0.29, 0.717) is 53.5 Å². The van der Waals surface area contributed by atoms with Crippen LogP contribution in [-0.2, 0) is 61.9 Å². The highest BCUT2D eigenvalue weighted by molar-refractivity contribution is 9.09. The average Bonchev–Trinajstić information content (AvgIpc) is 3.98. The predicted molar refractivity (Wildman–Crippen MR) is 323 cm³/mol. The van der Waals surface area contributed by atoms with E-state index in [1.807, 2.05) is 80.5 Å². The van der Waals surface area contributed by atoms with E-state index in [9.17, 15) is 29.1 Å². The van der Waals surface area contributed by atoms with Crippen molar-refractivity contribution in [3.05, 3.63) is 41.2 Å². The average molecular weight is 1250 g/mol. The van der Waals surface area contributed by atoms with Crippen molar-refractivity contribution < 1.29 is 43.3 Å². The molecule has 2 aliphatic rings. The zero-order chi connectivity index (χ0) is 59.3. The Bertz CT molecular complexity index is 1930. The summed E-state index contributed by atoms with van der Waals surface area (Å²) < 4.78 is 16.3. The molecule has 1 aromatic carbocycles. The molecule has 19 nitrogen and oxygen atoms in total. The first kappa shape index (κ1) is 74.5. The lowest BCUT2D eigenvalue weighted by Gasteiger charge is -2.39. The summed E-state index contributed by atoms with van der Waals surface area (Å²) in [5.74, 6) is 1.15. The third-order valence-electron chi connectivity index (χ3n) is 13.7. The lowest BCUT2D eigenvalue weighted by molar-refractivity contribution is -0.144. The molecular weight excluding hydrogens is 1150 g/mol. The normalized spacial score (nSPS) is 16.5. The molecule has 2 heterocycles. The summed E-state index contributed by atoms with van der Waals surface area (Å²) in [6.07, 6.45) is 9.90. The summed E-state index contributed by atoms with van der Waals surface area (Å²) in [6.45, 7) is 21.4. The van der Waals surface area contributed by atoms with Crippen LogP contribution in [0.3, 0.4) is 0 Å². The highest BCUT2D eigenvalue weighted by atomic mass is 79.9. The number of amides is 4. The van der Waals surface area contributed by atoms with Crippen molar-refractivity contribution in [1.29, 1.82) is 0 Å². The van der Waals surface area contributed by atoms with Crippen LogP contribution < -0.4 is 20.7 Å². The molecule has 0 bridgehead atoms. The van der Waals surface area contributed by atoms with Crippen molar-refractivity contribution >= 4 is 86.7 Å². The monoisotopic (exact) mass is 1250 g/mol. The Morgan fingerprint density at radius 3 is 2.05 bits per heavy atom. The number of carbonyl (C=O) groups is 6. The van der Waals surface area contributed by atoms with Crippen LogP contribution in [0.4, 0.5) is 5.69 Å². The van der Waals surface area contributed by atoms with Crippen molar-refractivity contribution in [3.8, 4) is 0 Å². The third-order valence-corrected chi connectivity index (χ3v) is 15.8. The van der Waals surface area contributed by atoms with Gasteiger partial charge in [-0.1, -0.05) is 117 Å². The lowest BCUT2D eigenvalue weighted by Crippen LogP contribution is -2.53. The number of carbonyl (C=O) groups excluding carboxylic acids is 6. The topological polar surface area (TPSA) is 230 Å². The molecule has 4 amide bonds. The SMILES string of the molecule is C=O.CC(C)C(C=O)N(C)C.CCC.CCC(C)C(C(CC(=O)N1CCCC1C(OC)C(C)C)OC)N(C)C(=O)CNC.O=CNC(Cc1ccc(NCCC(CCO)Cn2nnc(CBr)c2CBr)cc1)C(=O)NSC1CC1. The number of aromatic nitrogens is 3. The first-order valence-electron chi connectivity index (χ1n) is 27.6. The minimum Gasteiger partial charge on any atom is -0.396 e. The van der Waals surface area contributed by atoms with Gasteiger partial charge in [0.2, 0.25) is 18.2 Å². The minimum absolute atomic E-state index is 0.00519. The predicted octanol–water partition coefficient (Wildman–Crippen LogP) is 7.30. The van der Waals surface area contributed by atoms with Gasteiger partial charge in [-0.05, 0) is 113 Å². The maximum absolute atomic E-state index is 13.3. The molecule has 0 radical (unpaired) electrons. The summed E-state index contributed by atoms with van der Waals surface area (Å²) in [7, 11) is 10.8. The number of likely N-dealkylation sites (N-methyl/N-ethyl adjacent to an activating group) is 3. The number of methoxy groups -OCH3 is 2. The van der Waals surface area contributed by atoms with Crippen LogP contribution in [0.15, 0.2) is 24.3 Å².